The van der Waals surface area contributed by atoms with Crippen LogP contribution in [0.25, 0.3) is 11.1 Å². The second-order valence-electron chi connectivity index (χ2n) is 7.68. The van der Waals surface area contributed by atoms with Gasteiger partial charge in [-0.25, -0.2) is 13.1 Å². The Morgan fingerprint density at radius 1 is 1.00 bits per heavy atom. The number of amides is 1. The van der Waals surface area contributed by atoms with E-state index in [2.05, 4.69) is 21.5 Å². The highest BCUT2D eigenvalue weighted by Gasteiger charge is 2.22. The summed E-state index contributed by atoms with van der Waals surface area (Å²) in [7, 11) is -3.69. The van der Waals surface area contributed by atoms with Crippen LogP contribution in [-0.2, 0) is 21.4 Å². The Labute approximate surface area is 188 Å². The van der Waals surface area contributed by atoms with Gasteiger partial charge in [0.05, 0.1) is 4.90 Å². The lowest BCUT2D eigenvalue weighted by molar-refractivity contribution is -0.121. The molecule has 0 atom stereocenters. The van der Waals surface area contributed by atoms with Gasteiger partial charge in [0.2, 0.25) is 15.9 Å². The molecule has 0 radical (unpaired) electrons. The van der Waals surface area contributed by atoms with E-state index in [0.29, 0.717) is 11.4 Å². The largest absolute Gasteiger partial charge is 0.352 e. The van der Waals surface area contributed by atoms with Crippen LogP contribution in [0.5, 0.6) is 0 Å². The summed E-state index contributed by atoms with van der Waals surface area (Å²) in [6.07, 6.45) is 0.0722. The first-order valence-electron chi connectivity index (χ1n) is 10.1. The van der Waals surface area contributed by atoms with Gasteiger partial charge in [0.25, 0.3) is 0 Å². The molecule has 0 aliphatic heterocycles. The van der Waals surface area contributed by atoms with Crippen LogP contribution in [0.15, 0.2) is 52.1 Å². The first-order chi connectivity index (χ1) is 14.7. The fraction of sp³-hybridized carbons (Fsp3) is 0.292. The van der Waals surface area contributed by atoms with Crippen LogP contribution in [0.4, 0.5) is 0 Å². The molecule has 0 unspecified atom stereocenters. The van der Waals surface area contributed by atoms with Crippen LogP contribution in [0.3, 0.4) is 0 Å². The molecule has 3 aromatic rings. The number of nitrogens with one attached hydrogen (secondary N) is 2. The zero-order valence-corrected chi connectivity index (χ0v) is 19.9. The van der Waals surface area contributed by atoms with Gasteiger partial charge in [-0.1, -0.05) is 30.3 Å². The average molecular weight is 457 g/mol. The van der Waals surface area contributed by atoms with Crippen LogP contribution < -0.4 is 10.0 Å². The zero-order valence-electron chi connectivity index (χ0n) is 18.3. The van der Waals surface area contributed by atoms with Gasteiger partial charge in [-0.05, 0) is 83.5 Å². The minimum Gasteiger partial charge on any atom is -0.352 e. The summed E-state index contributed by atoms with van der Waals surface area (Å²) in [4.78, 5) is 12.6. The standard InChI is InChI=1S/C24H28N2O3S2/c1-16-13-17(2)19(4)24(18(16)3)31(28,29)26-11-9-23(27)25-14-20-7-5-6-8-22(20)21-10-12-30-15-21/h5-8,10,12-13,15,26H,9,11,14H2,1-4H3,(H,25,27). The highest BCUT2D eigenvalue weighted by Crippen LogP contribution is 2.26. The zero-order chi connectivity index (χ0) is 22.6. The van der Waals surface area contributed by atoms with Gasteiger partial charge in [-0.2, -0.15) is 11.3 Å². The number of sulfonamides is 1. The molecule has 0 spiro atoms. The highest BCUT2D eigenvalue weighted by molar-refractivity contribution is 7.89. The second-order valence-corrected chi connectivity index (χ2v) is 10.2. The Morgan fingerprint density at radius 3 is 2.32 bits per heavy atom. The van der Waals surface area contributed by atoms with Crippen molar-refractivity contribution in [3.8, 4) is 11.1 Å². The summed E-state index contributed by atoms with van der Waals surface area (Å²) in [5, 5.41) is 7.00. The van der Waals surface area contributed by atoms with Crippen molar-refractivity contribution >= 4 is 27.3 Å². The van der Waals surface area contributed by atoms with Crippen LogP contribution in [-0.4, -0.2) is 20.9 Å². The number of aryl methyl sites for hydroxylation is 2. The normalized spacial score (nSPS) is 11.5. The minimum atomic E-state index is -3.69. The Kier molecular flexibility index (Phi) is 7.30. The Bertz CT molecular complexity index is 1160. The van der Waals surface area contributed by atoms with Gasteiger partial charge in [0, 0.05) is 19.5 Å². The molecule has 1 heterocycles. The predicted molar refractivity (Wildman–Crippen MR) is 127 cm³/mol. The molecule has 0 fully saturated rings. The van der Waals surface area contributed by atoms with E-state index in [9.17, 15) is 13.2 Å². The topological polar surface area (TPSA) is 75.3 Å². The van der Waals surface area contributed by atoms with Gasteiger partial charge < -0.3 is 5.32 Å². The summed E-state index contributed by atoms with van der Waals surface area (Å²) in [5.41, 5.74) is 6.59. The number of rotatable bonds is 8. The first-order valence-corrected chi connectivity index (χ1v) is 12.6. The summed E-state index contributed by atoms with van der Waals surface area (Å²) >= 11 is 1.63. The Morgan fingerprint density at radius 2 is 1.68 bits per heavy atom. The van der Waals surface area contributed by atoms with Crippen molar-refractivity contribution in [1.29, 1.82) is 0 Å². The van der Waals surface area contributed by atoms with Crippen LogP contribution in [0.1, 0.15) is 34.2 Å². The number of carbonyl (C=O) groups excluding carboxylic acids is 1. The van der Waals surface area contributed by atoms with Crippen molar-refractivity contribution < 1.29 is 13.2 Å². The maximum absolute atomic E-state index is 12.9. The van der Waals surface area contributed by atoms with Crippen LogP contribution in [0.2, 0.25) is 0 Å². The molecule has 164 valence electrons. The highest BCUT2D eigenvalue weighted by atomic mass is 32.2. The molecular formula is C24H28N2O3S2. The van der Waals surface area contributed by atoms with E-state index in [1.54, 1.807) is 11.3 Å². The Hall–Kier alpha value is -2.48. The SMILES string of the molecule is Cc1cc(C)c(C)c(S(=O)(=O)NCCC(=O)NCc2ccccc2-c2ccsc2)c1C. The lowest BCUT2D eigenvalue weighted by Crippen LogP contribution is -2.31. The molecule has 0 aliphatic carbocycles. The lowest BCUT2D eigenvalue weighted by atomic mass is 10.0. The molecule has 2 aromatic carbocycles. The van der Waals surface area contributed by atoms with Gasteiger partial charge in [-0.15, -0.1) is 0 Å². The monoisotopic (exact) mass is 456 g/mol. The third-order valence-electron chi connectivity index (χ3n) is 5.54. The fourth-order valence-electron chi connectivity index (χ4n) is 3.61. The lowest BCUT2D eigenvalue weighted by Gasteiger charge is -2.16. The smallest absolute Gasteiger partial charge is 0.241 e. The number of hydrogen-bond donors (Lipinski definition) is 2. The van der Waals surface area contributed by atoms with E-state index in [1.807, 2.05) is 63.4 Å². The molecule has 3 rings (SSSR count). The summed E-state index contributed by atoms with van der Waals surface area (Å²) in [6.45, 7) is 7.88. The summed E-state index contributed by atoms with van der Waals surface area (Å²) < 4.78 is 28.3. The molecule has 7 heteroatoms. The maximum atomic E-state index is 12.9. The quantitative estimate of drug-likeness (QED) is 0.519. The first kappa shape index (κ1) is 23.2. The molecule has 0 saturated heterocycles. The molecular weight excluding hydrogens is 428 g/mol. The molecule has 2 N–H and O–H groups in total. The maximum Gasteiger partial charge on any atom is 0.241 e. The molecule has 0 aliphatic rings. The minimum absolute atomic E-state index is 0.0478. The predicted octanol–water partition coefficient (Wildman–Crippen LogP) is 4.63. The number of thiophene rings is 1. The van der Waals surface area contributed by atoms with Crippen molar-refractivity contribution in [2.45, 2.75) is 45.6 Å². The van der Waals surface area contributed by atoms with Gasteiger partial charge in [0.1, 0.15) is 0 Å². The van der Waals surface area contributed by atoms with Crippen molar-refractivity contribution in [3.63, 3.8) is 0 Å². The van der Waals surface area contributed by atoms with E-state index in [4.69, 9.17) is 0 Å². The molecule has 0 bridgehead atoms. The van der Waals surface area contributed by atoms with E-state index < -0.39 is 10.0 Å². The number of carbonyl (C=O) groups is 1. The van der Waals surface area contributed by atoms with E-state index in [0.717, 1.165) is 38.9 Å². The molecule has 0 saturated carbocycles. The van der Waals surface area contributed by atoms with E-state index in [-0.39, 0.29) is 18.9 Å². The van der Waals surface area contributed by atoms with Crippen molar-refractivity contribution in [2.24, 2.45) is 0 Å². The number of benzene rings is 2. The van der Waals surface area contributed by atoms with Gasteiger partial charge in [0.15, 0.2) is 0 Å². The van der Waals surface area contributed by atoms with Gasteiger partial charge >= 0.3 is 0 Å². The summed E-state index contributed by atoms with van der Waals surface area (Å²) in [6, 6.07) is 12.0. The van der Waals surface area contributed by atoms with Crippen molar-refractivity contribution in [3.05, 3.63) is 75.0 Å². The number of hydrogen-bond acceptors (Lipinski definition) is 4. The van der Waals surface area contributed by atoms with E-state index >= 15 is 0 Å². The van der Waals surface area contributed by atoms with Crippen LogP contribution >= 0.6 is 11.3 Å². The molecule has 1 aromatic heterocycles. The van der Waals surface area contributed by atoms with Crippen molar-refractivity contribution in [1.82, 2.24) is 10.0 Å². The second kappa shape index (κ2) is 9.77. The molecule has 5 nitrogen and oxygen atoms in total. The third kappa shape index (κ3) is 5.42. The Balaban J connectivity index is 1.60. The molecule has 31 heavy (non-hydrogen) atoms. The van der Waals surface area contributed by atoms with Gasteiger partial charge in [-0.3, -0.25) is 4.79 Å². The van der Waals surface area contributed by atoms with Crippen LogP contribution in [0, 0.1) is 27.7 Å². The molecule has 1 amide bonds. The van der Waals surface area contributed by atoms with E-state index in [1.165, 1.54) is 0 Å². The summed E-state index contributed by atoms with van der Waals surface area (Å²) in [5.74, 6) is -0.198. The van der Waals surface area contributed by atoms with Crippen molar-refractivity contribution in [2.75, 3.05) is 6.54 Å². The average Bonchev–Trinajstić information content (AvgIpc) is 3.25. The fourth-order valence-corrected chi connectivity index (χ4v) is 5.91. The third-order valence-corrected chi connectivity index (χ3v) is 7.95.